The summed E-state index contributed by atoms with van der Waals surface area (Å²) < 4.78 is 0. The van der Waals surface area contributed by atoms with Crippen molar-refractivity contribution in [1.29, 1.82) is 0 Å². The first-order valence-electron chi connectivity index (χ1n) is 9.40. The Morgan fingerprint density at radius 1 is 0.957 bits per heavy atom. The first-order valence-corrected chi connectivity index (χ1v) is 9.40. The number of hydrogen-bond acceptors (Lipinski definition) is 3. The molecule has 3 nitrogen and oxygen atoms in total. The summed E-state index contributed by atoms with van der Waals surface area (Å²) in [7, 11) is 0. The van der Waals surface area contributed by atoms with E-state index in [9.17, 15) is 5.11 Å². The van der Waals surface area contributed by atoms with Gasteiger partial charge in [-0.05, 0) is 57.8 Å². The Bertz CT molecular complexity index is 310. The van der Waals surface area contributed by atoms with Gasteiger partial charge in [-0.2, -0.15) is 0 Å². The van der Waals surface area contributed by atoms with E-state index in [1.54, 1.807) is 0 Å². The lowest BCUT2D eigenvalue weighted by molar-refractivity contribution is 0.0341. The minimum atomic E-state index is -0.560. The van der Waals surface area contributed by atoms with Gasteiger partial charge in [0.2, 0.25) is 0 Å². The van der Waals surface area contributed by atoms with Crippen molar-refractivity contribution in [2.24, 2.45) is 11.8 Å². The average Bonchev–Trinajstić information content (AvgIpc) is 2.46. The summed E-state index contributed by atoms with van der Waals surface area (Å²) in [5.74, 6) is 1.04. The van der Waals surface area contributed by atoms with Crippen molar-refractivity contribution in [2.75, 3.05) is 13.2 Å². The van der Waals surface area contributed by atoms with Crippen LogP contribution >= 0.6 is 0 Å². The molecule has 138 valence electrons. The molecular formula is C20H40O3. The third-order valence-corrected chi connectivity index (χ3v) is 4.84. The maximum absolute atomic E-state index is 10.4. The van der Waals surface area contributed by atoms with Gasteiger partial charge >= 0.3 is 0 Å². The van der Waals surface area contributed by atoms with Crippen LogP contribution in [0.1, 0.15) is 85.5 Å². The minimum absolute atomic E-state index is 0.146. The number of allylic oxidation sites excluding steroid dienone is 1. The van der Waals surface area contributed by atoms with Gasteiger partial charge in [0.15, 0.2) is 0 Å². The van der Waals surface area contributed by atoms with Crippen LogP contribution in [0.4, 0.5) is 0 Å². The van der Waals surface area contributed by atoms with Gasteiger partial charge in [0.1, 0.15) is 0 Å². The zero-order valence-electron chi connectivity index (χ0n) is 15.9. The van der Waals surface area contributed by atoms with Crippen molar-refractivity contribution < 1.29 is 15.3 Å². The third kappa shape index (κ3) is 13.7. The van der Waals surface area contributed by atoms with E-state index in [-0.39, 0.29) is 13.2 Å². The maximum atomic E-state index is 10.4. The summed E-state index contributed by atoms with van der Waals surface area (Å²) in [5.41, 5.74) is 0.717. The van der Waals surface area contributed by atoms with E-state index in [0.29, 0.717) is 11.8 Å². The van der Waals surface area contributed by atoms with Gasteiger partial charge in [-0.25, -0.2) is 0 Å². The normalized spacial score (nSPS) is 17.8. The van der Waals surface area contributed by atoms with Crippen LogP contribution in [0.5, 0.6) is 0 Å². The third-order valence-electron chi connectivity index (χ3n) is 4.84. The molecule has 0 saturated heterocycles. The molecule has 0 unspecified atom stereocenters. The smallest absolute Gasteiger partial charge is 0.0619 e. The fourth-order valence-corrected chi connectivity index (χ4v) is 3.01. The van der Waals surface area contributed by atoms with Crippen molar-refractivity contribution in [1.82, 2.24) is 0 Å². The summed E-state index contributed by atoms with van der Waals surface area (Å²) in [4.78, 5) is 0. The molecule has 0 aliphatic rings. The molecule has 0 spiro atoms. The van der Waals surface area contributed by atoms with Crippen LogP contribution in [-0.2, 0) is 0 Å². The molecule has 0 heterocycles. The SMILES string of the molecule is C/C(=C\CO)CCC[C@H](C)CCC[C@](C)(O)CCC[C@@H](C)CO. The van der Waals surface area contributed by atoms with Gasteiger partial charge in [0.05, 0.1) is 12.2 Å². The van der Waals surface area contributed by atoms with E-state index in [2.05, 4.69) is 13.8 Å². The van der Waals surface area contributed by atoms with Gasteiger partial charge < -0.3 is 15.3 Å². The first kappa shape index (κ1) is 22.6. The molecule has 23 heavy (non-hydrogen) atoms. The summed E-state index contributed by atoms with van der Waals surface area (Å²) in [6.45, 7) is 8.76. The van der Waals surface area contributed by atoms with Gasteiger partial charge in [0, 0.05) is 6.61 Å². The highest BCUT2D eigenvalue weighted by Crippen LogP contribution is 2.25. The van der Waals surface area contributed by atoms with E-state index < -0.39 is 5.60 Å². The van der Waals surface area contributed by atoms with Crippen molar-refractivity contribution in [3.63, 3.8) is 0 Å². The van der Waals surface area contributed by atoms with Gasteiger partial charge in [-0.15, -0.1) is 0 Å². The lowest BCUT2D eigenvalue weighted by atomic mass is 9.88. The fourth-order valence-electron chi connectivity index (χ4n) is 3.01. The molecule has 0 aromatic carbocycles. The summed E-state index contributed by atoms with van der Waals surface area (Å²) in [6, 6.07) is 0. The van der Waals surface area contributed by atoms with E-state index in [1.165, 1.54) is 24.8 Å². The van der Waals surface area contributed by atoms with Gasteiger partial charge in [-0.1, -0.05) is 51.2 Å². The predicted molar refractivity (Wildman–Crippen MR) is 98.4 cm³/mol. The molecule has 0 radical (unpaired) electrons. The monoisotopic (exact) mass is 328 g/mol. The van der Waals surface area contributed by atoms with Crippen LogP contribution in [0.3, 0.4) is 0 Å². The quantitative estimate of drug-likeness (QED) is 0.413. The summed E-state index contributed by atoms with van der Waals surface area (Å²) in [6.07, 6.45) is 11.3. The van der Waals surface area contributed by atoms with Crippen molar-refractivity contribution in [2.45, 2.75) is 91.1 Å². The summed E-state index contributed by atoms with van der Waals surface area (Å²) in [5, 5.41) is 28.3. The van der Waals surface area contributed by atoms with Crippen LogP contribution in [0.15, 0.2) is 11.6 Å². The second-order valence-corrected chi connectivity index (χ2v) is 7.80. The van der Waals surface area contributed by atoms with Crippen LogP contribution in [-0.4, -0.2) is 34.1 Å². The minimum Gasteiger partial charge on any atom is -0.396 e. The molecule has 0 amide bonds. The maximum Gasteiger partial charge on any atom is 0.0619 e. The molecule has 3 N–H and O–H groups in total. The topological polar surface area (TPSA) is 60.7 Å². The Labute approximate surface area is 143 Å². The lowest BCUT2D eigenvalue weighted by Gasteiger charge is -2.24. The first-order chi connectivity index (χ1) is 10.8. The summed E-state index contributed by atoms with van der Waals surface area (Å²) >= 11 is 0. The Morgan fingerprint density at radius 3 is 2.00 bits per heavy atom. The second-order valence-electron chi connectivity index (χ2n) is 7.80. The highest BCUT2D eigenvalue weighted by molar-refractivity contribution is 4.97. The number of aliphatic hydroxyl groups is 3. The molecule has 0 aliphatic heterocycles. The molecule has 0 aromatic rings. The predicted octanol–water partition coefficient (Wildman–Crippen LogP) is 4.45. The van der Waals surface area contributed by atoms with Crippen LogP contribution in [0, 0.1) is 11.8 Å². The highest BCUT2D eigenvalue weighted by atomic mass is 16.3. The molecule has 0 aliphatic carbocycles. The van der Waals surface area contributed by atoms with Crippen molar-refractivity contribution in [3.05, 3.63) is 11.6 Å². The Kier molecular flexibility index (Phi) is 12.8. The standard InChI is InChI=1S/C20H40O3/c1-17(8-5-9-18(2)12-15-21)10-6-13-20(4,23)14-7-11-19(3)16-22/h12,17,19,21-23H,5-11,13-16H2,1-4H3/b18-12+/t17-,19+,20-/m0/s1. The Morgan fingerprint density at radius 2 is 1.48 bits per heavy atom. The zero-order valence-corrected chi connectivity index (χ0v) is 15.9. The molecule has 0 saturated carbocycles. The fraction of sp³-hybridized carbons (Fsp3) is 0.900. The lowest BCUT2D eigenvalue weighted by Crippen LogP contribution is -2.24. The molecule has 0 fully saturated rings. The van der Waals surface area contributed by atoms with Crippen molar-refractivity contribution in [3.8, 4) is 0 Å². The largest absolute Gasteiger partial charge is 0.396 e. The van der Waals surface area contributed by atoms with Gasteiger partial charge in [-0.3, -0.25) is 0 Å². The molecule has 3 atom stereocenters. The molecule has 0 aromatic heterocycles. The zero-order chi connectivity index (χ0) is 17.7. The van der Waals surface area contributed by atoms with Crippen LogP contribution in [0.25, 0.3) is 0 Å². The van der Waals surface area contributed by atoms with Crippen LogP contribution < -0.4 is 0 Å². The molecular weight excluding hydrogens is 288 g/mol. The molecule has 0 rings (SSSR count). The molecule has 3 heteroatoms. The number of rotatable bonds is 14. The highest BCUT2D eigenvalue weighted by Gasteiger charge is 2.20. The average molecular weight is 329 g/mol. The van der Waals surface area contributed by atoms with Crippen LogP contribution in [0.2, 0.25) is 0 Å². The van der Waals surface area contributed by atoms with Gasteiger partial charge in [0.25, 0.3) is 0 Å². The Hall–Kier alpha value is -0.380. The molecule has 0 bridgehead atoms. The van der Waals surface area contributed by atoms with E-state index >= 15 is 0 Å². The van der Waals surface area contributed by atoms with E-state index in [0.717, 1.165) is 38.5 Å². The van der Waals surface area contributed by atoms with E-state index in [4.69, 9.17) is 10.2 Å². The van der Waals surface area contributed by atoms with Crippen molar-refractivity contribution >= 4 is 0 Å². The second kappa shape index (κ2) is 13.0. The van der Waals surface area contributed by atoms with E-state index in [1.807, 2.05) is 19.9 Å². The number of aliphatic hydroxyl groups excluding tert-OH is 2. The number of hydrogen-bond donors (Lipinski definition) is 3. The Balaban J connectivity index is 3.75.